The highest BCUT2D eigenvalue weighted by Gasteiger charge is 2.45. The fraction of sp³-hybridized carbons (Fsp3) is 0.345. The minimum Gasteiger partial charge on any atom is -0.458 e. The number of aromatic nitrogens is 3. The number of amides is 1. The third-order valence-corrected chi connectivity index (χ3v) is 7.82. The highest BCUT2D eigenvalue weighted by Crippen LogP contribution is 2.41. The van der Waals surface area contributed by atoms with E-state index in [0.717, 1.165) is 32.9 Å². The first-order chi connectivity index (χ1) is 19.4. The maximum absolute atomic E-state index is 13.7. The molecule has 5 heterocycles. The van der Waals surface area contributed by atoms with E-state index < -0.39 is 11.6 Å². The number of pyridine rings is 3. The number of aryl methyl sites for hydroxylation is 1. The Hall–Kier alpha value is -4.19. The number of aliphatic hydroxyl groups is 1. The van der Waals surface area contributed by atoms with Crippen LogP contribution in [0.5, 0.6) is 0 Å². The summed E-state index contributed by atoms with van der Waals surface area (Å²) in [7, 11) is 0. The third-order valence-electron chi connectivity index (χ3n) is 7.82. The normalized spacial score (nSPS) is 17.4. The molecule has 4 aromatic rings. The van der Waals surface area contributed by atoms with Crippen molar-refractivity contribution in [1.29, 1.82) is 0 Å². The Bertz CT molecular complexity index is 1750. The number of carbonyl (C=O) groups excluding carboxylic acids is 2. The van der Waals surface area contributed by atoms with Crippen LogP contribution < -0.4 is 16.6 Å². The molecule has 0 spiro atoms. The fourth-order valence-corrected chi connectivity index (χ4v) is 5.73. The maximum Gasteiger partial charge on any atom is 0.343 e. The molecule has 0 saturated heterocycles. The van der Waals surface area contributed by atoms with E-state index in [1.165, 1.54) is 0 Å². The first-order valence-electron chi connectivity index (χ1n) is 13.3. The summed E-state index contributed by atoms with van der Waals surface area (Å²) in [5, 5.41) is 15.7. The molecule has 1 atom stereocenters. The van der Waals surface area contributed by atoms with Gasteiger partial charge in [0.15, 0.2) is 5.60 Å². The summed E-state index contributed by atoms with van der Waals surface area (Å²) in [6, 6.07) is 9.47. The number of benzene rings is 1. The third kappa shape index (κ3) is 4.05. The van der Waals surface area contributed by atoms with Crippen molar-refractivity contribution in [3.8, 4) is 11.4 Å². The average Bonchev–Trinajstić information content (AvgIpc) is 3.35. The van der Waals surface area contributed by atoms with Crippen molar-refractivity contribution in [3.05, 3.63) is 69.1 Å². The zero-order chi connectivity index (χ0) is 28.0. The number of cyclic esters (lactones) is 1. The minimum absolute atomic E-state index is 0.0750. The van der Waals surface area contributed by atoms with Gasteiger partial charge in [0.1, 0.15) is 13.3 Å². The van der Waals surface area contributed by atoms with Crippen molar-refractivity contribution < 1.29 is 24.2 Å². The van der Waals surface area contributed by atoms with E-state index in [2.05, 4.69) is 10.3 Å². The number of nitrogens with one attached hydrogen (secondary N) is 1. The van der Waals surface area contributed by atoms with Crippen molar-refractivity contribution >= 4 is 33.7 Å². The number of carbonyl (C=O) groups is 2. The van der Waals surface area contributed by atoms with Gasteiger partial charge < -0.3 is 30.2 Å². The monoisotopic (exact) mass is 543 g/mol. The Morgan fingerprint density at radius 1 is 1.25 bits per heavy atom. The maximum atomic E-state index is 13.7. The quantitative estimate of drug-likeness (QED) is 0.114. The van der Waals surface area contributed by atoms with Crippen LogP contribution in [0.15, 0.2) is 41.3 Å². The lowest BCUT2D eigenvalue weighted by Gasteiger charge is -2.31. The van der Waals surface area contributed by atoms with Crippen molar-refractivity contribution in [3.63, 3.8) is 0 Å². The number of nitrogens with zero attached hydrogens (tertiary/aromatic N) is 3. The SMILES string of the molecule is CC[C@@]1(O)C(=O)OCc2c1cc1n(c2=O)Cc2c-1nc1ccc3ncccc3c1c2CCCOCNC(=O)CN. The molecule has 0 fully saturated rings. The Morgan fingerprint density at radius 2 is 2.08 bits per heavy atom. The molecular weight excluding hydrogens is 514 g/mol. The zero-order valence-corrected chi connectivity index (χ0v) is 22.0. The molecule has 40 heavy (non-hydrogen) atoms. The van der Waals surface area contributed by atoms with Crippen molar-refractivity contribution in [2.45, 2.75) is 44.9 Å². The highest BCUT2D eigenvalue weighted by molar-refractivity contribution is 6.08. The average molecular weight is 544 g/mol. The van der Waals surface area contributed by atoms with Gasteiger partial charge >= 0.3 is 5.97 Å². The van der Waals surface area contributed by atoms with Crippen molar-refractivity contribution in [2.24, 2.45) is 5.73 Å². The largest absolute Gasteiger partial charge is 0.458 e. The summed E-state index contributed by atoms with van der Waals surface area (Å²) < 4.78 is 12.4. The molecule has 11 heteroatoms. The predicted octanol–water partition coefficient (Wildman–Crippen LogP) is 1.61. The van der Waals surface area contributed by atoms with E-state index in [9.17, 15) is 19.5 Å². The van der Waals surface area contributed by atoms with Crippen LogP contribution in [-0.4, -0.2) is 51.4 Å². The van der Waals surface area contributed by atoms with Crippen molar-refractivity contribution in [2.75, 3.05) is 19.9 Å². The molecule has 0 bridgehead atoms. The van der Waals surface area contributed by atoms with Gasteiger partial charge in [-0.1, -0.05) is 13.0 Å². The van der Waals surface area contributed by atoms with Crippen LogP contribution in [0.25, 0.3) is 33.2 Å². The van der Waals surface area contributed by atoms with E-state index in [1.807, 2.05) is 24.3 Å². The minimum atomic E-state index is -1.89. The standard InChI is InChI=1S/C29H29N5O6/c1-2-29(38)20-11-23-26-18(13-34(23)27(36)19(20)14-40-28(29)37)16(6-4-10-39-15-32-24(35)12-30)25-17-5-3-9-31-21(17)7-8-22(25)33-26/h3,5,7-9,11,38H,2,4,6,10,12-15,30H2,1H3,(H,32,35)/t29-/m0/s1. The molecule has 1 aromatic carbocycles. The summed E-state index contributed by atoms with van der Waals surface area (Å²) in [5.74, 6) is -1.04. The number of hydrogen-bond donors (Lipinski definition) is 3. The summed E-state index contributed by atoms with van der Waals surface area (Å²) in [6.07, 6.45) is 3.11. The van der Waals surface area contributed by atoms with Gasteiger partial charge in [-0.05, 0) is 49.1 Å². The number of esters is 1. The number of rotatable bonds is 8. The van der Waals surface area contributed by atoms with Gasteiger partial charge in [-0.2, -0.15) is 0 Å². The lowest BCUT2D eigenvalue weighted by molar-refractivity contribution is -0.172. The van der Waals surface area contributed by atoms with Gasteiger partial charge in [-0.15, -0.1) is 0 Å². The first kappa shape index (κ1) is 26.1. The van der Waals surface area contributed by atoms with E-state index in [1.54, 1.807) is 23.8 Å². The van der Waals surface area contributed by atoms with E-state index in [-0.39, 0.29) is 48.9 Å². The molecule has 6 rings (SSSR count). The molecule has 11 nitrogen and oxygen atoms in total. The summed E-state index contributed by atoms with van der Waals surface area (Å²) in [6.45, 7) is 2.18. The summed E-state index contributed by atoms with van der Waals surface area (Å²) in [4.78, 5) is 47.1. The van der Waals surface area contributed by atoms with Crippen LogP contribution in [0, 0.1) is 0 Å². The van der Waals surface area contributed by atoms with Gasteiger partial charge in [-0.25, -0.2) is 9.78 Å². The van der Waals surface area contributed by atoms with Crippen LogP contribution in [0.3, 0.4) is 0 Å². The molecule has 3 aromatic heterocycles. The van der Waals surface area contributed by atoms with Gasteiger partial charge in [-0.3, -0.25) is 14.6 Å². The van der Waals surface area contributed by atoms with Gasteiger partial charge in [0, 0.05) is 34.7 Å². The van der Waals surface area contributed by atoms with Gasteiger partial charge in [0.05, 0.1) is 41.1 Å². The highest BCUT2D eigenvalue weighted by atomic mass is 16.6. The second-order valence-corrected chi connectivity index (χ2v) is 10.0. The Labute approximate surface area is 228 Å². The van der Waals surface area contributed by atoms with Crippen LogP contribution in [0.1, 0.15) is 42.0 Å². The molecule has 4 N–H and O–H groups in total. The molecule has 2 aliphatic rings. The number of ether oxygens (including phenoxy) is 2. The Morgan fingerprint density at radius 3 is 2.88 bits per heavy atom. The zero-order valence-electron chi connectivity index (χ0n) is 22.0. The first-order valence-corrected chi connectivity index (χ1v) is 13.3. The van der Waals surface area contributed by atoms with Gasteiger partial charge in [0.25, 0.3) is 5.56 Å². The number of fused-ring (bicyclic) bond motifs is 7. The molecule has 0 aliphatic carbocycles. The lowest BCUT2D eigenvalue weighted by Crippen LogP contribution is -2.44. The summed E-state index contributed by atoms with van der Waals surface area (Å²) in [5.41, 5.74) is 8.46. The fourth-order valence-electron chi connectivity index (χ4n) is 5.73. The van der Waals surface area contributed by atoms with E-state index in [0.29, 0.717) is 37.4 Å². The van der Waals surface area contributed by atoms with Crippen molar-refractivity contribution in [1.82, 2.24) is 19.9 Å². The number of nitrogens with two attached hydrogens (primary N) is 1. The summed E-state index contributed by atoms with van der Waals surface area (Å²) >= 11 is 0. The topological polar surface area (TPSA) is 159 Å². The molecule has 2 aliphatic heterocycles. The molecule has 0 saturated carbocycles. The molecule has 206 valence electrons. The van der Waals surface area contributed by atoms with Crippen LogP contribution in [0.2, 0.25) is 0 Å². The molecule has 0 radical (unpaired) electrons. The second-order valence-electron chi connectivity index (χ2n) is 10.0. The van der Waals surface area contributed by atoms with Crippen LogP contribution >= 0.6 is 0 Å². The number of hydrogen-bond acceptors (Lipinski definition) is 9. The Kier molecular flexibility index (Phi) is 6.57. The van der Waals surface area contributed by atoms with Gasteiger partial charge in [0.2, 0.25) is 5.91 Å². The Balaban J connectivity index is 1.46. The van der Waals surface area contributed by atoms with E-state index >= 15 is 0 Å². The van der Waals surface area contributed by atoms with Crippen LogP contribution in [-0.2, 0) is 44.2 Å². The smallest absolute Gasteiger partial charge is 0.343 e. The second kappa shape index (κ2) is 10.1. The van der Waals surface area contributed by atoms with E-state index in [4.69, 9.17) is 20.2 Å². The molecule has 1 amide bonds. The molecule has 0 unspecified atom stereocenters. The molecular formula is C29H29N5O6. The lowest BCUT2D eigenvalue weighted by atomic mass is 9.86. The predicted molar refractivity (Wildman–Crippen MR) is 146 cm³/mol. The van der Waals surface area contributed by atoms with Crippen LogP contribution in [0.4, 0.5) is 0 Å².